The van der Waals surface area contributed by atoms with Crippen LogP contribution in [0.5, 0.6) is 5.75 Å². The van der Waals surface area contributed by atoms with Crippen molar-refractivity contribution in [2.24, 2.45) is 0 Å². The normalized spacial score (nSPS) is 16.9. The monoisotopic (exact) mass is 256 g/mol. The molecule has 0 fully saturated rings. The Balaban J connectivity index is 2.02. The van der Waals surface area contributed by atoms with Gasteiger partial charge in [-0.15, -0.1) is 11.3 Å². The van der Waals surface area contributed by atoms with Crippen LogP contribution in [0, 0.1) is 0 Å². The molecule has 1 heterocycles. The molecule has 0 radical (unpaired) electrons. The Morgan fingerprint density at radius 2 is 2.06 bits per heavy atom. The first kappa shape index (κ1) is 11.2. The summed E-state index contributed by atoms with van der Waals surface area (Å²) >= 11 is 1.63. The maximum atomic E-state index is 12.3. The van der Waals surface area contributed by atoms with E-state index in [0.717, 1.165) is 22.4 Å². The van der Waals surface area contributed by atoms with Gasteiger partial charge < -0.3 is 5.11 Å². The van der Waals surface area contributed by atoms with Crippen LogP contribution in [0.4, 0.5) is 0 Å². The zero-order valence-electron chi connectivity index (χ0n) is 9.72. The third-order valence-corrected chi connectivity index (χ3v) is 4.01. The van der Waals surface area contributed by atoms with E-state index in [2.05, 4.69) is 0 Å². The topological polar surface area (TPSA) is 37.3 Å². The van der Waals surface area contributed by atoms with Crippen molar-refractivity contribution in [3.05, 3.63) is 57.3 Å². The quantitative estimate of drug-likeness (QED) is 0.790. The van der Waals surface area contributed by atoms with E-state index in [1.165, 1.54) is 0 Å². The van der Waals surface area contributed by atoms with Gasteiger partial charge in [0.15, 0.2) is 5.78 Å². The van der Waals surface area contributed by atoms with E-state index in [9.17, 15) is 9.90 Å². The van der Waals surface area contributed by atoms with E-state index in [1.54, 1.807) is 29.5 Å². The summed E-state index contributed by atoms with van der Waals surface area (Å²) in [5.41, 5.74) is 2.26. The summed E-state index contributed by atoms with van der Waals surface area (Å²) < 4.78 is 0. The Bertz CT molecular complexity index is 624. The van der Waals surface area contributed by atoms with Crippen LogP contribution in [0.15, 0.2) is 41.3 Å². The van der Waals surface area contributed by atoms with Gasteiger partial charge in [-0.2, -0.15) is 0 Å². The van der Waals surface area contributed by atoms with Gasteiger partial charge in [-0.3, -0.25) is 4.79 Å². The van der Waals surface area contributed by atoms with Crippen molar-refractivity contribution >= 4 is 23.2 Å². The van der Waals surface area contributed by atoms with Crippen LogP contribution in [0.25, 0.3) is 6.08 Å². The standard InChI is InChI=1S/C15H12O2S/c16-14-5-1-4-13-12(14)7-6-10(15(13)17)9-11-3-2-8-18-11/h1-5,8-9,16H,6-7H2. The number of Topliss-reactive ketones (excluding diaryl/α,β-unsaturated/α-hetero) is 1. The van der Waals surface area contributed by atoms with E-state index in [4.69, 9.17) is 0 Å². The number of phenolic OH excluding ortho intramolecular Hbond substituents is 1. The first-order chi connectivity index (χ1) is 8.75. The molecule has 3 rings (SSSR count). The zero-order valence-corrected chi connectivity index (χ0v) is 10.5. The lowest BCUT2D eigenvalue weighted by Gasteiger charge is -2.18. The molecule has 3 heteroatoms. The molecule has 90 valence electrons. The third kappa shape index (κ3) is 1.87. The van der Waals surface area contributed by atoms with Gasteiger partial charge in [-0.1, -0.05) is 18.2 Å². The summed E-state index contributed by atoms with van der Waals surface area (Å²) in [7, 11) is 0. The van der Waals surface area contributed by atoms with E-state index in [1.807, 2.05) is 23.6 Å². The number of phenols is 1. The number of ketones is 1. The molecule has 0 spiro atoms. The van der Waals surface area contributed by atoms with Crippen LogP contribution >= 0.6 is 11.3 Å². The molecule has 0 unspecified atom stereocenters. The highest BCUT2D eigenvalue weighted by molar-refractivity contribution is 7.10. The van der Waals surface area contributed by atoms with Crippen molar-refractivity contribution in [1.82, 2.24) is 0 Å². The highest BCUT2D eigenvalue weighted by atomic mass is 32.1. The zero-order chi connectivity index (χ0) is 12.5. The van der Waals surface area contributed by atoms with Gasteiger partial charge in [0.25, 0.3) is 0 Å². The Morgan fingerprint density at radius 1 is 1.17 bits per heavy atom. The van der Waals surface area contributed by atoms with Crippen molar-refractivity contribution in [2.45, 2.75) is 12.8 Å². The summed E-state index contributed by atoms with van der Waals surface area (Å²) in [6.45, 7) is 0. The second-order valence-electron chi connectivity index (χ2n) is 4.32. The molecule has 1 aliphatic carbocycles. The minimum absolute atomic E-state index is 0.0422. The SMILES string of the molecule is O=C1C(=Cc2cccs2)CCc2c(O)cccc21. The van der Waals surface area contributed by atoms with Crippen LogP contribution in [0.1, 0.15) is 27.2 Å². The maximum absolute atomic E-state index is 12.3. The smallest absolute Gasteiger partial charge is 0.189 e. The molecule has 1 aromatic carbocycles. The molecule has 18 heavy (non-hydrogen) atoms. The average molecular weight is 256 g/mol. The van der Waals surface area contributed by atoms with Crippen molar-refractivity contribution in [2.75, 3.05) is 0 Å². The van der Waals surface area contributed by atoms with Gasteiger partial charge in [0, 0.05) is 21.6 Å². The lowest BCUT2D eigenvalue weighted by atomic mass is 9.86. The molecule has 2 aromatic rings. The molecule has 0 bridgehead atoms. The molecule has 0 saturated carbocycles. The highest BCUT2D eigenvalue weighted by Gasteiger charge is 2.23. The molecular formula is C15H12O2S. The van der Waals surface area contributed by atoms with E-state index in [-0.39, 0.29) is 11.5 Å². The Labute approximate surface area is 109 Å². The largest absolute Gasteiger partial charge is 0.508 e. The number of thiophene rings is 1. The number of aromatic hydroxyl groups is 1. The summed E-state index contributed by atoms with van der Waals surface area (Å²) in [6, 6.07) is 9.13. The number of allylic oxidation sites excluding steroid dienone is 1. The van der Waals surface area contributed by atoms with Crippen LogP contribution in [0.3, 0.4) is 0 Å². The molecule has 2 nitrogen and oxygen atoms in total. The summed E-state index contributed by atoms with van der Waals surface area (Å²) in [5.74, 6) is 0.275. The lowest BCUT2D eigenvalue weighted by molar-refractivity contribution is 0.102. The number of carbonyl (C=O) groups excluding carboxylic acids is 1. The number of rotatable bonds is 1. The Kier molecular flexibility index (Phi) is 2.76. The average Bonchev–Trinajstić information content (AvgIpc) is 2.86. The van der Waals surface area contributed by atoms with E-state index in [0.29, 0.717) is 12.0 Å². The first-order valence-electron chi connectivity index (χ1n) is 5.85. The van der Waals surface area contributed by atoms with Crippen molar-refractivity contribution in [3.63, 3.8) is 0 Å². The van der Waals surface area contributed by atoms with Crippen molar-refractivity contribution in [1.29, 1.82) is 0 Å². The van der Waals surface area contributed by atoms with Crippen LogP contribution < -0.4 is 0 Å². The molecular weight excluding hydrogens is 244 g/mol. The summed E-state index contributed by atoms with van der Waals surface area (Å²) in [5, 5.41) is 11.7. The molecule has 1 aromatic heterocycles. The third-order valence-electron chi connectivity index (χ3n) is 3.19. The second kappa shape index (κ2) is 4.42. The minimum atomic E-state index is 0.0422. The molecule has 1 N–H and O–H groups in total. The Hall–Kier alpha value is -1.87. The summed E-state index contributed by atoms with van der Waals surface area (Å²) in [6.07, 6.45) is 3.38. The maximum Gasteiger partial charge on any atom is 0.189 e. The van der Waals surface area contributed by atoms with E-state index < -0.39 is 0 Å². The van der Waals surface area contributed by atoms with Crippen molar-refractivity contribution in [3.8, 4) is 5.75 Å². The number of carbonyl (C=O) groups is 1. The second-order valence-corrected chi connectivity index (χ2v) is 5.30. The lowest BCUT2D eigenvalue weighted by Crippen LogP contribution is -2.13. The predicted molar refractivity (Wildman–Crippen MR) is 73.1 cm³/mol. The fraction of sp³-hybridized carbons (Fsp3) is 0.133. The number of hydrogen-bond donors (Lipinski definition) is 1. The number of fused-ring (bicyclic) bond motifs is 1. The van der Waals surface area contributed by atoms with Crippen LogP contribution in [0.2, 0.25) is 0 Å². The van der Waals surface area contributed by atoms with E-state index >= 15 is 0 Å². The van der Waals surface area contributed by atoms with Gasteiger partial charge >= 0.3 is 0 Å². The molecule has 0 atom stereocenters. The molecule has 0 amide bonds. The minimum Gasteiger partial charge on any atom is -0.508 e. The van der Waals surface area contributed by atoms with Gasteiger partial charge in [-0.05, 0) is 36.4 Å². The fourth-order valence-electron chi connectivity index (χ4n) is 2.28. The highest BCUT2D eigenvalue weighted by Crippen LogP contribution is 2.32. The Morgan fingerprint density at radius 3 is 2.83 bits per heavy atom. The number of benzene rings is 1. The predicted octanol–water partition coefficient (Wildman–Crippen LogP) is 3.67. The van der Waals surface area contributed by atoms with Gasteiger partial charge in [0.2, 0.25) is 0 Å². The van der Waals surface area contributed by atoms with Gasteiger partial charge in [0.1, 0.15) is 5.75 Å². The molecule has 1 aliphatic rings. The van der Waals surface area contributed by atoms with Gasteiger partial charge in [-0.25, -0.2) is 0 Å². The summed E-state index contributed by atoms with van der Waals surface area (Å²) in [4.78, 5) is 13.4. The van der Waals surface area contributed by atoms with Crippen molar-refractivity contribution < 1.29 is 9.90 Å². The molecule has 0 aliphatic heterocycles. The molecule has 0 saturated heterocycles. The number of hydrogen-bond acceptors (Lipinski definition) is 3. The fourth-order valence-corrected chi connectivity index (χ4v) is 2.96. The van der Waals surface area contributed by atoms with Crippen LogP contribution in [-0.4, -0.2) is 10.9 Å². The van der Waals surface area contributed by atoms with Crippen LogP contribution in [-0.2, 0) is 6.42 Å². The first-order valence-corrected chi connectivity index (χ1v) is 6.73. The van der Waals surface area contributed by atoms with Gasteiger partial charge in [0.05, 0.1) is 0 Å².